The van der Waals surface area contributed by atoms with E-state index in [1.54, 1.807) is 11.3 Å². The molecule has 0 saturated carbocycles. The molecule has 1 unspecified atom stereocenters. The standard InChI is InChI=1S/C12H21N5OS/c1-10(9-18)8-15-11(13)16-3-5-17(6-4-16)12-14-2-7-19-12/h2,7,10,18H,3-6,8-9H2,1H3,(H2,13,15). The Balaban J connectivity index is 1.82. The Bertz CT molecular complexity index is 400. The van der Waals surface area contributed by atoms with Gasteiger partial charge in [-0.1, -0.05) is 6.92 Å². The van der Waals surface area contributed by atoms with Crippen molar-refractivity contribution in [2.24, 2.45) is 16.6 Å². The summed E-state index contributed by atoms with van der Waals surface area (Å²) in [5.74, 6) is 0.745. The number of nitrogens with zero attached hydrogens (tertiary/aromatic N) is 4. The minimum Gasteiger partial charge on any atom is -0.396 e. The third-order valence-electron chi connectivity index (χ3n) is 3.17. The molecule has 1 aliphatic heterocycles. The molecular formula is C12H21N5OS. The van der Waals surface area contributed by atoms with Gasteiger partial charge in [0.15, 0.2) is 11.1 Å². The van der Waals surface area contributed by atoms with Gasteiger partial charge < -0.3 is 20.6 Å². The topological polar surface area (TPSA) is 78.0 Å². The van der Waals surface area contributed by atoms with Crippen LogP contribution in [0, 0.1) is 5.92 Å². The minimum absolute atomic E-state index is 0.147. The second kappa shape index (κ2) is 6.72. The van der Waals surface area contributed by atoms with Crippen LogP contribution in [0.1, 0.15) is 6.92 Å². The number of thiazole rings is 1. The maximum absolute atomic E-state index is 8.96. The van der Waals surface area contributed by atoms with E-state index in [2.05, 4.69) is 19.8 Å². The molecule has 0 radical (unpaired) electrons. The molecule has 0 bridgehead atoms. The van der Waals surface area contributed by atoms with Crippen molar-refractivity contribution in [1.29, 1.82) is 0 Å². The van der Waals surface area contributed by atoms with Crippen LogP contribution in [0.5, 0.6) is 0 Å². The Morgan fingerprint density at radius 3 is 2.84 bits per heavy atom. The first-order valence-corrected chi connectivity index (χ1v) is 7.39. The Morgan fingerprint density at radius 1 is 1.53 bits per heavy atom. The lowest BCUT2D eigenvalue weighted by atomic mass is 10.2. The highest BCUT2D eigenvalue weighted by Crippen LogP contribution is 2.18. The van der Waals surface area contributed by atoms with Crippen LogP contribution in [0.3, 0.4) is 0 Å². The molecule has 7 heteroatoms. The van der Waals surface area contributed by atoms with Gasteiger partial charge in [0.2, 0.25) is 0 Å². The second-order valence-electron chi connectivity index (χ2n) is 4.78. The summed E-state index contributed by atoms with van der Waals surface area (Å²) in [7, 11) is 0. The molecule has 106 valence electrons. The van der Waals surface area contributed by atoms with Crippen LogP contribution in [-0.2, 0) is 0 Å². The van der Waals surface area contributed by atoms with E-state index >= 15 is 0 Å². The summed E-state index contributed by atoms with van der Waals surface area (Å²) in [6, 6.07) is 0. The molecular weight excluding hydrogens is 262 g/mol. The molecule has 0 aromatic carbocycles. The number of hydrogen-bond acceptors (Lipinski definition) is 5. The zero-order valence-electron chi connectivity index (χ0n) is 11.2. The fourth-order valence-corrected chi connectivity index (χ4v) is 2.60. The van der Waals surface area contributed by atoms with Crippen LogP contribution >= 0.6 is 11.3 Å². The normalized spacial score (nSPS) is 18.7. The van der Waals surface area contributed by atoms with E-state index in [0.717, 1.165) is 31.3 Å². The van der Waals surface area contributed by atoms with Crippen molar-refractivity contribution in [3.05, 3.63) is 11.6 Å². The highest BCUT2D eigenvalue weighted by Gasteiger charge is 2.19. The molecule has 1 aliphatic rings. The number of hydrogen-bond donors (Lipinski definition) is 2. The first-order valence-electron chi connectivity index (χ1n) is 6.51. The summed E-state index contributed by atoms with van der Waals surface area (Å²) in [5, 5.41) is 12.0. The number of piperazine rings is 1. The fraction of sp³-hybridized carbons (Fsp3) is 0.667. The molecule has 1 fully saturated rings. The SMILES string of the molecule is CC(CO)CN=C(N)N1CCN(c2nccs2)CC1. The van der Waals surface area contributed by atoms with Crippen LogP contribution < -0.4 is 10.6 Å². The highest BCUT2D eigenvalue weighted by molar-refractivity contribution is 7.13. The van der Waals surface area contributed by atoms with Gasteiger partial charge in [-0.2, -0.15) is 0 Å². The number of nitrogens with two attached hydrogens (primary N) is 1. The van der Waals surface area contributed by atoms with Crippen LogP contribution in [0.4, 0.5) is 5.13 Å². The Morgan fingerprint density at radius 2 is 2.26 bits per heavy atom. The maximum atomic E-state index is 8.96. The van der Waals surface area contributed by atoms with E-state index in [1.807, 2.05) is 18.5 Å². The largest absolute Gasteiger partial charge is 0.396 e. The molecule has 1 atom stereocenters. The van der Waals surface area contributed by atoms with Gasteiger partial charge in [-0.3, -0.25) is 4.99 Å². The Kier molecular flexibility index (Phi) is 4.98. The van der Waals surface area contributed by atoms with Gasteiger partial charge in [0.25, 0.3) is 0 Å². The molecule has 1 aromatic rings. The Labute approximate surface area is 117 Å². The number of aromatic nitrogens is 1. The first-order chi connectivity index (χ1) is 9.20. The van der Waals surface area contributed by atoms with Crippen molar-refractivity contribution in [3.8, 4) is 0 Å². The molecule has 2 rings (SSSR count). The molecule has 3 N–H and O–H groups in total. The van der Waals surface area contributed by atoms with Gasteiger partial charge in [0.1, 0.15) is 0 Å². The van der Waals surface area contributed by atoms with Crippen molar-refractivity contribution >= 4 is 22.4 Å². The van der Waals surface area contributed by atoms with E-state index in [4.69, 9.17) is 10.8 Å². The zero-order chi connectivity index (χ0) is 13.7. The molecule has 6 nitrogen and oxygen atoms in total. The molecule has 0 spiro atoms. The summed E-state index contributed by atoms with van der Waals surface area (Å²) in [6.45, 7) is 6.24. The summed E-state index contributed by atoms with van der Waals surface area (Å²) in [4.78, 5) is 13.0. The predicted molar refractivity (Wildman–Crippen MR) is 78.6 cm³/mol. The number of aliphatic hydroxyl groups excluding tert-OH is 1. The summed E-state index contributed by atoms with van der Waals surface area (Å²) in [5.41, 5.74) is 5.98. The van der Waals surface area contributed by atoms with Gasteiger partial charge >= 0.3 is 0 Å². The quantitative estimate of drug-likeness (QED) is 0.610. The van der Waals surface area contributed by atoms with Gasteiger partial charge in [-0.05, 0) is 5.92 Å². The third kappa shape index (κ3) is 3.81. The molecule has 0 amide bonds. The summed E-state index contributed by atoms with van der Waals surface area (Å²) >= 11 is 1.66. The molecule has 1 saturated heterocycles. The van der Waals surface area contributed by atoms with Crippen LogP contribution in [0.25, 0.3) is 0 Å². The maximum Gasteiger partial charge on any atom is 0.191 e. The van der Waals surface area contributed by atoms with Crippen LogP contribution in [-0.4, -0.2) is 60.3 Å². The summed E-state index contributed by atoms with van der Waals surface area (Å²) < 4.78 is 0. The van der Waals surface area contributed by atoms with Crippen LogP contribution in [0.15, 0.2) is 16.6 Å². The van der Waals surface area contributed by atoms with E-state index in [0.29, 0.717) is 12.5 Å². The lowest BCUT2D eigenvalue weighted by molar-refractivity contribution is 0.241. The summed E-state index contributed by atoms with van der Waals surface area (Å²) in [6.07, 6.45) is 1.83. The second-order valence-corrected chi connectivity index (χ2v) is 5.65. The predicted octanol–water partition coefficient (Wildman–Crippen LogP) is 0.208. The average molecular weight is 283 g/mol. The van der Waals surface area contributed by atoms with Crippen molar-refractivity contribution in [2.45, 2.75) is 6.92 Å². The van der Waals surface area contributed by atoms with Gasteiger partial charge in [-0.15, -0.1) is 11.3 Å². The third-order valence-corrected chi connectivity index (χ3v) is 4.00. The van der Waals surface area contributed by atoms with Crippen LogP contribution in [0.2, 0.25) is 0 Å². The number of guanidine groups is 1. The van der Waals surface area contributed by atoms with E-state index in [1.165, 1.54) is 0 Å². The van der Waals surface area contributed by atoms with Crippen molar-refractivity contribution in [2.75, 3.05) is 44.2 Å². The Hall–Kier alpha value is -1.34. The number of anilines is 1. The first kappa shape index (κ1) is 14.1. The zero-order valence-corrected chi connectivity index (χ0v) is 12.0. The molecule has 2 heterocycles. The van der Waals surface area contributed by atoms with E-state index in [9.17, 15) is 0 Å². The number of rotatable bonds is 4. The lowest BCUT2D eigenvalue weighted by Gasteiger charge is -2.35. The molecule has 0 aliphatic carbocycles. The monoisotopic (exact) mass is 283 g/mol. The highest BCUT2D eigenvalue weighted by atomic mass is 32.1. The number of aliphatic hydroxyl groups is 1. The van der Waals surface area contributed by atoms with Gasteiger partial charge in [-0.25, -0.2) is 4.98 Å². The fourth-order valence-electron chi connectivity index (χ4n) is 1.91. The minimum atomic E-state index is 0.147. The van der Waals surface area contributed by atoms with Crippen molar-refractivity contribution in [1.82, 2.24) is 9.88 Å². The average Bonchev–Trinajstić information content (AvgIpc) is 2.98. The molecule has 19 heavy (non-hydrogen) atoms. The lowest BCUT2D eigenvalue weighted by Crippen LogP contribution is -2.51. The van der Waals surface area contributed by atoms with Crippen molar-refractivity contribution in [3.63, 3.8) is 0 Å². The van der Waals surface area contributed by atoms with Gasteiger partial charge in [0.05, 0.1) is 0 Å². The smallest absolute Gasteiger partial charge is 0.191 e. The molecule has 1 aromatic heterocycles. The van der Waals surface area contributed by atoms with Crippen molar-refractivity contribution < 1.29 is 5.11 Å². The van der Waals surface area contributed by atoms with E-state index in [-0.39, 0.29) is 12.5 Å². The van der Waals surface area contributed by atoms with E-state index < -0.39 is 0 Å². The van der Waals surface area contributed by atoms with Gasteiger partial charge in [0, 0.05) is 50.9 Å². The number of aliphatic imine (C=N–C) groups is 1.